The summed E-state index contributed by atoms with van der Waals surface area (Å²) < 4.78 is 15.3. The minimum atomic E-state index is -0.279. The minimum Gasteiger partial charge on any atom is -0.493 e. The van der Waals surface area contributed by atoms with E-state index in [1.807, 2.05) is 74.5 Å². The van der Waals surface area contributed by atoms with E-state index in [9.17, 15) is 4.79 Å². The number of carbonyl (C=O) groups is 1. The number of methoxy groups -OCH3 is 1. The van der Waals surface area contributed by atoms with Crippen LogP contribution in [0.25, 0.3) is 11.5 Å². The molecule has 0 radical (unpaired) electrons. The molecule has 0 aliphatic carbocycles. The van der Waals surface area contributed by atoms with E-state index in [0.29, 0.717) is 41.2 Å². The van der Waals surface area contributed by atoms with Gasteiger partial charge in [0.05, 0.1) is 12.8 Å². The maximum absolute atomic E-state index is 13.0. The molecule has 1 atom stereocenters. The van der Waals surface area contributed by atoms with Gasteiger partial charge in [-0.15, -0.1) is 15.3 Å². The molecule has 0 bridgehead atoms. The van der Waals surface area contributed by atoms with Gasteiger partial charge in [-0.3, -0.25) is 4.79 Å². The quantitative estimate of drug-likeness (QED) is 0.379. The number of nitrogens with one attached hydrogen (secondary N) is 1. The third-order valence-corrected chi connectivity index (χ3v) is 6.55. The molecule has 0 fully saturated rings. The third kappa shape index (κ3) is 3.96. The number of fused-ring (bicyclic) bond motifs is 2. The van der Waals surface area contributed by atoms with Gasteiger partial charge >= 0.3 is 0 Å². The number of benzene rings is 2. The summed E-state index contributed by atoms with van der Waals surface area (Å²) in [5.74, 6) is 2.64. The van der Waals surface area contributed by atoms with Crippen LogP contribution in [0.5, 0.6) is 11.5 Å². The van der Waals surface area contributed by atoms with E-state index >= 15 is 0 Å². The van der Waals surface area contributed by atoms with E-state index in [2.05, 4.69) is 20.6 Å². The molecule has 4 heterocycles. The zero-order valence-electron chi connectivity index (χ0n) is 20.7. The minimum absolute atomic E-state index is 0.114. The molecular formula is C27H25N7O3. The Bertz CT molecular complexity index is 1620. The third-order valence-electron chi connectivity index (χ3n) is 6.55. The topological polar surface area (TPSA) is 108 Å². The highest BCUT2D eigenvalue weighted by atomic mass is 16.5. The number of amides is 1. The molecule has 0 unspecified atom stereocenters. The number of ether oxygens (including phenoxy) is 2. The summed E-state index contributed by atoms with van der Waals surface area (Å²) in [6, 6.07) is 19.3. The summed E-state index contributed by atoms with van der Waals surface area (Å²) in [6.45, 7) is 4.14. The molecule has 5 aromatic rings. The van der Waals surface area contributed by atoms with Crippen molar-refractivity contribution in [2.24, 2.45) is 0 Å². The maximum atomic E-state index is 13.0. The molecule has 6 rings (SSSR count). The fraction of sp³-hybridized carbons (Fsp3) is 0.222. The first-order valence-electron chi connectivity index (χ1n) is 12.0. The van der Waals surface area contributed by atoms with Crippen molar-refractivity contribution in [3.05, 3.63) is 88.9 Å². The van der Waals surface area contributed by atoms with Crippen molar-refractivity contribution in [1.82, 2.24) is 29.6 Å². The van der Waals surface area contributed by atoms with Crippen LogP contribution < -0.4 is 14.8 Å². The Morgan fingerprint density at radius 1 is 1.00 bits per heavy atom. The van der Waals surface area contributed by atoms with E-state index in [4.69, 9.17) is 14.6 Å². The van der Waals surface area contributed by atoms with E-state index in [1.165, 1.54) is 0 Å². The predicted molar refractivity (Wildman–Crippen MR) is 136 cm³/mol. The molecule has 1 aliphatic heterocycles. The Kier molecular flexibility index (Phi) is 5.56. The molecule has 3 aromatic heterocycles. The maximum Gasteiger partial charge on any atom is 0.226 e. The van der Waals surface area contributed by atoms with Gasteiger partial charge in [-0.2, -0.15) is 14.3 Å². The standard InChI is InChI=1S/C27H25N7O3/c1-16-25-20(19-10-7-11-21(36-3)26(19)37-15-18-8-5-4-6-9-18)14-24(35)28-27(25)34(31-16)23-13-12-22-30-29-17(2)33(22)32-23/h4-13,20H,14-15H2,1-3H3,(H,28,35)/t20-/m0/s1. The summed E-state index contributed by atoms with van der Waals surface area (Å²) in [7, 11) is 1.62. The summed E-state index contributed by atoms with van der Waals surface area (Å²) >= 11 is 0. The average molecular weight is 496 g/mol. The van der Waals surface area contributed by atoms with Crippen LogP contribution in [0, 0.1) is 13.8 Å². The van der Waals surface area contributed by atoms with Gasteiger partial charge < -0.3 is 14.8 Å². The number of anilines is 1. The lowest BCUT2D eigenvalue weighted by molar-refractivity contribution is -0.116. The van der Waals surface area contributed by atoms with Crippen molar-refractivity contribution in [2.45, 2.75) is 32.8 Å². The van der Waals surface area contributed by atoms with Gasteiger partial charge in [-0.1, -0.05) is 42.5 Å². The van der Waals surface area contributed by atoms with E-state index < -0.39 is 0 Å². The fourth-order valence-corrected chi connectivity index (χ4v) is 4.83. The molecule has 2 aromatic carbocycles. The highest BCUT2D eigenvalue weighted by Gasteiger charge is 2.35. The van der Waals surface area contributed by atoms with Crippen LogP contribution in [0.15, 0.2) is 60.7 Å². The SMILES string of the molecule is COc1cccc([C@@H]2CC(=O)Nc3c2c(C)nn3-c2ccc3nnc(C)n3n2)c1OCc1ccccc1. The number of aryl methyl sites for hydroxylation is 2. The van der Waals surface area contributed by atoms with Crippen molar-refractivity contribution in [3.8, 4) is 17.3 Å². The molecule has 1 aliphatic rings. The van der Waals surface area contributed by atoms with Crippen molar-refractivity contribution in [1.29, 1.82) is 0 Å². The summed E-state index contributed by atoms with van der Waals surface area (Å²) in [6.07, 6.45) is 0.255. The van der Waals surface area contributed by atoms with Gasteiger partial charge in [0, 0.05) is 23.5 Å². The van der Waals surface area contributed by atoms with Crippen molar-refractivity contribution in [2.75, 3.05) is 12.4 Å². The van der Waals surface area contributed by atoms with E-state index in [0.717, 1.165) is 22.4 Å². The molecule has 0 saturated carbocycles. The van der Waals surface area contributed by atoms with Gasteiger partial charge in [0.25, 0.3) is 0 Å². The Hall–Kier alpha value is -4.73. The molecule has 186 valence electrons. The second kappa shape index (κ2) is 9.05. The average Bonchev–Trinajstić information content (AvgIpc) is 3.46. The lowest BCUT2D eigenvalue weighted by atomic mass is 9.85. The lowest BCUT2D eigenvalue weighted by Gasteiger charge is -2.26. The van der Waals surface area contributed by atoms with Crippen LogP contribution in [0.4, 0.5) is 5.82 Å². The van der Waals surface area contributed by atoms with Gasteiger partial charge in [0.1, 0.15) is 12.4 Å². The highest BCUT2D eigenvalue weighted by Crippen LogP contribution is 2.45. The van der Waals surface area contributed by atoms with Crippen molar-refractivity contribution >= 4 is 17.4 Å². The molecule has 0 spiro atoms. The number of hydrogen-bond donors (Lipinski definition) is 1. The summed E-state index contributed by atoms with van der Waals surface area (Å²) in [5, 5.41) is 20.6. The Morgan fingerprint density at radius 3 is 2.65 bits per heavy atom. The molecule has 1 N–H and O–H groups in total. The van der Waals surface area contributed by atoms with Crippen LogP contribution in [-0.4, -0.2) is 42.6 Å². The zero-order valence-corrected chi connectivity index (χ0v) is 20.7. The van der Waals surface area contributed by atoms with Crippen molar-refractivity contribution < 1.29 is 14.3 Å². The van der Waals surface area contributed by atoms with E-state index in [1.54, 1.807) is 16.3 Å². The van der Waals surface area contributed by atoms with Crippen molar-refractivity contribution in [3.63, 3.8) is 0 Å². The molecule has 0 saturated heterocycles. The van der Waals surface area contributed by atoms with Crippen LogP contribution in [0.2, 0.25) is 0 Å². The number of carbonyl (C=O) groups excluding carboxylic acids is 1. The first-order valence-corrected chi connectivity index (χ1v) is 12.0. The number of rotatable bonds is 6. The van der Waals surface area contributed by atoms with Gasteiger partial charge in [-0.05, 0) is 37.6 Å². The monoisotopic (exact) mass is 495 g/mol. The molecule has 37 heavy (non-hydrogen) atoms. The first-order chi connectivity index (χ1) is 18.0. The first kappa shape index (κ1) is 22.7. The van der Waals surface area contributed by atoms with Gasteiger partial charge in [0.15, 0.2) is 28.8 Å². The highest BCUT2D eigenvalue weighted by molar-refractivity contribution is 5.95. The van der Waals surface area contributed by atoms with Crippen LogP contribution in [0.3, 0.4) is 0 Å². The Morgan fingerprint density at radius 2 is 1.84 bits per heavy atom. The van der Waals surface area contributed by atoms with E-state index in [-0.39, 0.29) is 18.2 Å². The number of aromatic nitrogens is 6. The summed E-state index contributed by atoms with van der Waals surface area (Å²) in [4.78, 5) is 13.0. The molecule has 1 amide bonds. The normalized spacial score (nSPS) is 14.9. The molecule has 10 heteroatoms. The zero-order chi connectivity index (χ0) is 25.5. The Labute approximate surface area is 212 Å². The number of hydrogen-bond acceptors (Lipinski definition) is 7. The molecule has 10 nitrogen and oxygen atoms in total. The number of para-hydroxylation sites is 1. The second-order valence-corrected chi connectivity index (χ2v) is 8.93. The molecular weight excluding hydrogens is 470 g/mol. The largest absolute Gasteiger partial charge is 0.493 e. The van der Waals surface area contributed by atoms with Crippen LogP contribution in [-0.2, 0) is 11.4 Å². The second-order valence-electron chi connectivity index (χ2n) is 8.93. The van der Waals surface area contributed by atoms with Gasteiger partial charge in [-0.25, -0.2) is 0 Å². The smallest absolute Gasteiger partial charge is 0.226 e. The Balaban J connectivity index is 1.45. The van der Waals surface area contributed by atoms with Gasteiger partial charge in [0.2, 0.25) is 5.91 Å². The fourth-order valence-electron chi connectivity index (χ4n) is 4.83. The number of nitrogens with zero attached hydrogens (tertiary/aromatic N) is 6. The summed E-state index contributed by atoms with van der Waals surface area (Å²) in [5.41, 5.74) is 4.25. The lowest BCUT2D eigenvalue weighted by Crippen LogP contribution is -2.25. The van der Waals surface area contributed by atoms with Crippen LogP contribution >= 0.6 is 0 Å². The predicted octanol–water partition coefficient (Wildman–Crippen LogP) is 3.99. The van der Waals surface area contributed by atoms with Crippen LogP contribution in [0.1, 0.15) is 40.5 Å².